The molecule has 122 valence electrons. The van der Waals surface area contributed by atoms with Gasteiger partial charge in [0.1, 0.15) is 4.88 Å². The summed E-state index contributed by atoms with van der Waals surface area (Å²) in [7, 11) is -3.49. The molecule has 0 bridgehead atoms. The summed E-state index contributed by atoms with van der Waals surface area (Å²) in [6.45, 7) is 1.56. The highest BCUT2D eigenvalue weighted by molar-refractivity contribution is 7.92. The minimum absolute atomic E-state index is 0.0780. The highest BCUT2D eigenvalue weighted by Crippen LogP contribution is 2.25. The van der Waals surface area contributed by atoms with E-state index in [-0.39, 0.29) is 21.4 Å². The molecule has 2 aromatic rings. The molecule has 11 heteroatoms. The molecule has 0 fully saturated rings. The summed E-state index contributed by atoms with van der Waals surface area (Å²) in [5, 5.41) is 13.3. The average Bonchev–Trinajstić information content (AvgIpc) is 2.77. The van der Waals surface area contributed by atoms with Crippen LogP contribution in [0.1, 0.15) is 15.4 Å². The van der Waals surface area contributed by atoms with Gasteiger partial charge in [0.15, 0.2) is 5.13 Å². The zero-order valence-electron chi connectivity index (χ0n) is 12.1. The number of thiazole rings is 1. The quantitative estimate of drug-likeness (QED) is 0.622. The molecule has 0 saturated heterocycles. The minimum Gasteiger partial charge on any atom is -0.321 e. The standard InChI is InChI=1S/C12H12N4O5S2/c1-7-10(22-12(13-7)15-23(2,20)21)11(17)14-8-4-3-5-9(6-8)16(18)19/h3-6H,1-2H3,(H,13,15)(H,14,17). The van der Waals surface area contributed by atoms with E-state index in [0.29, 0.717) is 5.69 Å². The van der Waals surface area contributed by atoms with Crippen LogP contribution in [0, 0.1) is 17.0 Å². The Kier molecular flexibility index (Phi) is 4.61. The molecule has 1 aromatic carbocycles. The Labute approximate surface area is 135 Å². The zero-order chi connectivity index (χ0) is 17.2. The smallest absolute Gasteiger partial charge is 0.271 e. The Morgan fingerprint density at radius 2 is 2.09 bits per heavy atom. The van der Waals surface area contributed by atoms with Crippen molar-refractivity contribution >= 4 is 43.8 Å². The van der Waals surface area contributed by atoms with Crippen LogP contribution in [-0.4, -0.2) is 30.5 Å². The summed E-state index contributed by atoms with van der Waals surface area (Å²) >= 11 is 0.877. The highest BCUT2D eigenvalue weighted by Gasteiger charge is 2.18. The summed E-state index contributed by atoms with van der Waals surface area (Å²) in [5.74, 6) is -0.526. The predicted octanol–water partition coefficient (Wildman–Crippen LogP) is 1.98. The van der Waals surface area contributed by atoms with Gasteiger partial charge >= 0.3 is 0 Å². The highest BCUT2D eigenvalue weighted by atomic mass is 32.2. The van der Waals surface area contributed by atoms with Crippen LogP contribution in [0.25, 0.3) is 0 Å². The molecule has 0 spiro atoms. The van der Waals surface area contributed by atoms with Gasteiger partial charge in [0.05, 0.1) is 16.9 Å². The van der Waals surface area contributed by atoms with Gasteiger partial charge in [-0.25, -0.2) is 13.4 Å². The third-order valence-electron chi connectivity index (χ3n) is 2.59. The Morgan fingerprint density at radius 3 is 2.70 bits per heavy atom. The maximum atomic E-state index is 12.2. The van der Waals surface area contributed by atoms with Crippen molar-refractivity contribution in [2.45, 2.75) is 6.92 Å². The molecule has 23 heavy (non-hydrogen) atoms. The third kappa shape index (κ3) is 4.47. The van der Waals surface area contributed by atoms with Crippen LogP contribution in [0.2, 0.25) is 0 Å². The molecule has 1 aromatic heterocycles. The number of nitrogens with one attached hydrogen (secondary N) is 2. The van der Waals surface area contributed by atoms with Crippen LogP contribution < -0.4 is 10.0 Å². The fourth-order valence-electron chi connectivity index (χ4n) is 1.69. The van der Waals surface area contributed by atoms with Crippen molar-refractivity contribution in [3.05, 3.63) is 45.0 Å². The monoisotopic (exact) mass is 356 g/mol. The van der Waals surface area contributed by atoms with E-state index in [4.69, 9.17) is 0 Å². The number of sulfonamides is 1. The van der Waals surface area contributed by atoms with E-state index in [9.17, 15) is 23.3 Å². The predicted molar refractivity (Wildman–Crippen MR) is 86.4 cm³/mol. The van der Waals surface area contributed by atoms with Gasteiger partial charge in [0.25, 0.3) is 11.6 Å². The maximum absolute atomic E-state index is 12.2. The van der Waals surface area contributed by atoms with Crippen molar-refractivity contribution in [3.63, 3.8) is 0 Å². The maximum Gasteiger partial charge on any atom is 0.271 e. The van der Waals surface area contributed by atoms with Crippen molar-refractivity contribution < 1.29 is 18.1 Å². The van der Waals surface area contributed by atoms with Gasteiger partial charge in [0.2, 0.25) is 10.0 Å². The minimum atomic E-state index is -3.49. The Bertz CT molecular complexity index is 875. The number of aryl methyl sites for hydroxylation is 1. The van der Waals surface area contributed by atoms with Gasteiger partial charge in [0, 0.05) is 17.8 Å². The Hall–Kier alpha value is -2.53. The van der Waals surface area contributed by atoms with E-state index in [1.54, 1.807) is 6.92 Å². The number of non-ortho nitro benzene ring substituents is 1. The van der Waals surface area contributed by atoms with Crippen LogP contribution in [0.4, 0.5) is 16.5 Å². The number of hydrogen-bond donors (Lipinski definition) is 2. The normalized spacial score (nSPS) is 11.0. The van der Waals surface area contributed by atoms with Crippen molar-refractivity contribution in [1.29, 1.82) is 0 Å². The van der Waals surface area contributed by atoms with E-state index >= 15 is 0 Å². The number of nitrogens with zero attached hydrogens (tertiary/aromatic N) is 2. The van der Waals surface area contributed by atoms with Crippen molar-refractivity contribution in [3.8, 4) is 0 Å². The molecule has 0 unspecified atom stereocenters. The number of nitro groups is 1. The summed E-state index contributed by atoms with van der Waals surface area (Å²) in [6, 6.07) is 5.49. The largest absolute Gasteiger partial charge is 0.321 e. The number of nitro benzene ring substituents is 1. The van der Waals surface area contributed by atoms with Crippen LogP contribution in [-0.2, 0) is 10.0 Å². The first-order valence-electron chi connectivity index (χ1n) is 6.17. The molecule has 1 amide bonds. The SMILES string of the molecule is Cc1nc(NS(C)(=O)=O)sc1C(=O)Nc1cccc([N+](=O)[O-])c1. The molecule has 0 aliphatic heterocycles. The molecule has 2 rings (SSSR count). The molecule has 0 saturated carbocycles. The number of anilines is 2. The van der Waals surface area contributed by atoms with E-state index < -0.39 is 20.9 Å². The lowest BCUT2D eigenvalue weighted by molar-refractivity contribution is -0.384. The summed E-state index contributed by atoms with van der Waals surface area (Å²) in [6.07, 6.45) is 0.979. The number of carbonyl (C=O) groups is 1. The van der Waals surface area contributed by atoms with Crippen LogP contribution in [0.15, 0.2) is 24.3 Å². The van der Waals surface area contributed by atoms with Crippen molar-refractivity contribution in [1.82, 2.24) is 4.98 Å². The van der Waals surface area contributed by atoms with E-state index in [1.165, 1.54) is 24.3 Å². The first kappa shape index (κ1) is 16.8. The second-order valence-electron chi connectivity index (χ2n) is 4.57. The van der Waals surface area contributed by atoms with Gasteiger partial charge in [-0.15, -0.1) is 0 Å². The first-order valence-corrected chi connectivity index (χ1v) is 8.87. The van der Waals surface area contributed by atoms with Gasteiger partial charge in [-0.05, 0) is 13.0 Å². The van der Waals surface area contributed by atoms with Crippen LogP contribution in [0.5, 0.6) is 0 Å². The molecule has 0 atom stereocenters. The lowest BCUT2D eigenvalue weighted by atomic mass is 10.2. The average molecular weight is 356 g/mol. The van der Waals surface area contributed by atoms with Gasteiger partial charge in [-0.3, -0.25) is 19.6 Å². The fourth-order valence-corrected chi connectivity index (χ4v) is 3.39. The zero-order valence-corrected chi connectivity index (χ0v) is 13.7. The number of carbonyl (C=O) groups excluding carboxylic acids is 1. The van der Waals surface area contributed by atoms with Gasteiger partial charge in [-0.2, -0.15) is 0 Å². The third-order valence-corrected chi connectivity index (χ3v) is 4.36. The van der Waals surface area contributed by atoms with E-state index in [1.807, 2.05) is 0 Å². The first-order chi connectivity index (χ1) is 10.7. The lowest BCUT2D eigenvalue weighted by Gasteiger charge is -2.03. The van der Waals surface area contributed by atoms with Crippen molar-refractivity contribution in [2.24, 2.45) is 0 Å². The van der Waals surface area contributed by atoms with Crippen molar-refractivity contribution in [2.75, 3.05) is 16.3 Å². The second-order valence-corrected chi connectivity index (χ2v) is 7.32. The molecular weight excluding hydrogens is 344 g/mol. The Morgan fingerprint density at radius 1 is 1.39 bits per heavy atom. The fraction of sp³-hybridized carbons (Fsp3) is 0.167. The summed E-state index contributed by atoms with van der Waals surface area (Å²) in [4.78, 5) is 26.5. The van der Waals surface area contributed by atoms with Gasteiger partial charge in [-0.1, -0.05) is 17.4 Å². The number of hydrogen-bond acceptors (Lipinski definition) is 7. The number of rotatable bonds is 5. The summed E-state index contributed by atoms with van der Waals surface area (Å²) in [5.41, 5.74) is 0.460. The van der Waals surface area contributed by atoms with Gasteiger partial charge < -0.3 is 5.32 Å². The Balaban J connectivity index is 2.21. The molecular formula is C12H12N4O5S2. The molecule has 2 N–H and O–H groups in total. The lowest BCUT2D eigenvalue weighted by Crippen LogP contribution is -2.11. The van der Waals surface area contributed by atoms with E-state index in [2.05, 4.69) is 15.0 Å². The molecule has 9 nitrogen and oxygen atoms in total. The molecule has 1 heterocycles. The van der Waals surface area contributed by atoms with E-state index in [0.717, 1.165) is 17.6 Å². The summed E-state index contributed by atoms with van der Waals surface area (Å²) < 4.78 is 24.5. The van der Waals surface area contributed by atoms with Crippen LogP contribution in [0.3, 0.4) is 0 Å². The number of benzene rings is 1. The number of aromatic nitrogens is 1. The number of amides is 1. The van der Waals surface area contributed by atoms with Crippen LogP contribution >= 0.6 is 11.3 Å². The molecule has 0 radical (unpaired) electrons. The molecule has 0 aliphatic rings. The molecule has 0 aliphatic carbocycles. The topological polar surface area (TPSA) is 131 Å². The second kappa shape index (κ2) is 6.30.